The molecule has 1 saturated heterocycles. The molecule has 1 amide bonds. The maximum atomic E-state index is 12.9. The van der Waals surface area contributed by atoms with Crippen LogP contribution in [0.5, 0.6) is 0 Å². The minimum Gasteiger partial charge on any atom is -0.394 e. The molecular weight excluding hydrogens is 610 g/mol. The molecule has 1 heterocycles. The van der Waals surface area contributed by atoms with Crippen molar-refractivity contribution in [2.75, 3.05) is 13.2 Å². The van der Waals surface area contributed by atoms with Crippen LogP contribution in [0.15, 0.2) is 0 Å². The summed E-state index contributed by atoms with van der Waals surface area (Å²) < 4.78 is 11.2. The average Bonchev–Trinajstić information content (AvgIpc) is 3.08. The summed E-state index contributed by atoms with van der Waals surface area (Å²) >= 11 is 0. The first-order valence-corrected chi connectivity index (χ1v) is 20.2. The second kappa shape index (κ2) is 31.0. The van der Waals surface area contributed by atoms with Gasteiger partial charge in [0.15, 0.2) is 6.29 Å². The maximum Gasteiger partial charge on any atom is 0.220 e. The predicted octanol–water partition coefficient (Wildman–Crippen LogP) is 7.22. The first-order valence-electron chi connectivity index (χ1n) is 20.2. The number of hydrogen-bond acceptors (Lipinski definition) is 8. The summed E-state index contributed by atoms with van der Waals surface area (Å²) in [4.78, 5) is 12.9. The summed E-state index contributed by atoms with van der Waals surface area (Å²) in [5, 5.41) is 54.1. The molecule has 48 heavy (non-hydrogen) atoms. The molecule has 0 spiro atoms. The number of ether oxygens (including phenoxy) is 2. The van der Waals surface area contributed by atoms with Crippen molar-refractivity contribution in [2.45, 2.75) is 230 Å². The van der Waals surface area contributed by atoms with Crippen LogP contribution in [0.25, 0.3) is 0 Å². The largest absolute Gasteiger partial charge is 0.394 e. The van der Waals surface area contributed by atoms with Gasteiger partial charge in [0, 0.05) is 6.42 Å². The summed E-state index contributed by atoms with van der Waals surface area (Å²) in [5.74, 6) is -0.145. The number of hydrogen-bond donors (Lipinski definition) is 6. The third-order valence-corrected chi connectivity index (χ3v) is 9.96. The minimum absolute atomic E-state index is 0.132. The van der Waals surface area contributed by atoms with E-state index in [2.05, 4.69) is 19.2 Å². The zero-order valence-electron chi connectivity index (χ0n) is 31.0. The van der Waals surface area contributed by atoms with E-state index in [0.717, 1.165) is 38.5 Å². The van der Waals surface area contributed by atoms with Crippen LogP contribution in [0.3, 0.4) is 0 Å². The Morgan fingerprint density at radius 3 is 1.48 bits per heavy atom. The second-order valence-corrected chi connectivity index (χ2v) is 14.4. The van der Waals surface area contributed by atoms with Crippen LogP contribution in [0.2, 0.25) is 0 Å². The topological polar surface area (TPSA) is 149 Å². The van der Waals surface area contributed by atoms with Gasteiger partial charge in [-0.2, -0.15) is 0 Å². The van der Waals surface area contributed by atoms with Gasteiger partial charge in [-0.3, -0.25) is 4.79 Å². The normalized spacial score (nSPS) is 22.5. The number of aliphatic hydroxyl groups is 5. The highest BCUT2D eigenvalue weighted by molar-refractivity contribution is 5.76. The molecule has 286 valence electrons. The molecule has 1 aliphatic rings. The molecule has 9 nitrogen and oxygen atoms in total. The molecule has 7 atom stereocenters. The smallest absolute Gasteiger partial charge is 0.220 e. The van der Waals surface area contributed by atoms with Crippen LogP contribution in [-0.2, 0) is 14.3 Å². The molecule has 2 unspecified atom stereocenters. The van der Waals surface area contributed by atoms with Gasteiger partial charge in [0.25, 0.3) is 0 Å². The van der Waals surface area contributed by atoms with Crippen LogP contribution in [0.4, 0.5) is 0 Å². The molecule has 0 aromatic heterocycles. The van der Waals surface area contributed by atoms with E-state index in [1.165, 1.54) is 122 Å². The minimum atomic E-state index is -1.55. The van der Waals surface area contributed by atoms with Crippen molar-refractivity contribution in [3.8, 4) is 0 Å². The van der Waals surface area contributed by atoms with Crippen molar-refractivity contribution in [3.05, 3.63) is 0 Å². The van der Waals surface area contributed by atoms with Crippen molar-refractivity contribution in [2.24, 2.45) is 0 Å². The molecular formula is C39H77NO8. The Balaban J connectivity index is 2.39. The van der Waals surface area contributed by atoms with Crippen molar-refractivity contribution in [1.29, 1.82) is 0 Å². The molecule has 0 aliphatic carbocycles. The number of rotatable bonds is 33. The Labute approximate surface area is 294 Å². The molecule has 1 rings (SSSR count). The van der Waals surface area contributed by atoms with Gasteiger partial charge in [-0.25, -0.2) is 0 Å². The number of amides is 1. The number of aliphatic hydroxyl groups excluding tert-OH is 5. The summed E-state index contributed by atoms with van der Waals surface area (Å²) in [5.41, 5.74) is 0. The number of nitrogens with one attached hydrogen (secondary N) is 1. The van der Waals surface area contributed by atoms with Gasteiger partial charge in [0.1, 0.15) is 24.4 Å². The molecule has 0 radical (unpaired) electrons. The predicted molar refractivity (Wildman–Crippen MR) is 194 cm³/mol. The number of carbonyl (C=O) groups is 1. The van der Waals surface area contributed by atoms with E-state index in [1.807, 2.05) is 0 Å². The molecule has 1 aliphatic heterocycles. The summed E-state index contributed by atoms with van der Waals surface area (Å²) in [6.07, 6.45) is 23.9. The Morgan fingerprint density at radius 1 is 0.625 bits per heavy atom. The fourth-order valence-corrected chi connectivity index (χ4v) is 6.63. The van der Waals surface area contributed by atoms with Crippen molar-refractivity contribution >= 4 is 5.91 Å². The van der Waals surface area contributed by atoms with E-state index in [1.54, 1.807) is 0 Å². The lowest BCUT2D eigenvalue weighted by Gasteiger charge is -2.40. The Hall–Kier alpha value is -0.810. The van der Waals surface area contributed by atoms with E-state index < -0.39 is 49.5 Å². The SMILES string of the molecule is CCCCCCCCCCCCCCCC[C@@H](O)[C@H](CO[C@@H]1O[C@H](CO)[C@H](O)C(O)C1O)NC(=O)CCCCCCCCCCCCC. The zero-order valence-corrected chi connectivity index (χ0v) is 31.0. The van der Waals surface area contributed by atoms with Gasteiger partial charge in [0.2, 0.25) is 5.91 Å². The third kappa shape index (κ3) is 22.1. The van der Waals surface area contributed by atoms with Crippen LogP contribution in [-0.4, -0.2) is 87.5 Å². The summed E-state index contributed by atoms with van der Waals surface area (Å²) in [6.45, 7) is 3.81. The third-order valence-electron chi connectivity index (χ3n) is 9.96. The Bertz CT molecular complexity index is 726. The van der Waals surface area contributed by atoms with Gasteiger partial charge in [-0.05, 0) is 12.8 Å². The molecule has 0 saturated carbocycles. The van der Waals surface area contributed by atoms with Crippen molar-refractivity contribution in [3.63, 3.8) is 0 Å². The van der Waals surface area contributed by atoms with Gasteiger partial charge in [-0.1, -0.05) is 168 Å². The van der Waals surface area contributed by atoms with Gasteiger partial charge < -0.3 is 40.3 Å². The highest BCUT2D eigenvalue weighted by atomic mass is 16.7. The summed E-state index contributed by atoms with van der Waals surface area (Å²) in [6, 6.07) is -0.709. The number of unbranched alkanes of at least 4 members (excludes halogenated alkanes) is 23. The molecule has 9 heteroatoms. The number of carbonyl (C=O) groups excluding carboxylic acids is 1. The fourth-order valence-electron chi connectivity index (χ4n) is 6.63. The second-order valence-electron chi connectivity index (χ2n) is 14.4. The van der Waals surface area contributed by atoms with Crippen molar-refractivity contribution in [1.82, 2.24) is 5.32 Å². The maximum absolute atomic E-state index is 12.9. The standard InChI is InChI=1S/C39H77NO8/c1-3-5-7-9-11-13-15-16-17-19-20-22-24-26-28-33(42)32(31-47-39-38(46)37(45)36(44)34(30-41)48-39)40-35(43)29-27-25-23-21-18-14-12-10-8-6-4-2/h32-34,36-39,41-42,44-46H,3-31H2,1-2H3,(H,40,43)/t32-,33+,34+,36-,37?,38?,39+/m0/s1. The first-order chi connectivity index (χ1) is 23.3. The lowest BCUT2D eigenvalue weighted by Crippen LogP contribution is -2.60. The van der Waals surface area contributed by atoms with Gasteiger partial charge in [0.05, 0.1) is 25.4 Å². The fraction of sp³-hybridized carbons (Fsp3) is 0.974. The van der Waals surface area contributed by atoms with Crippen LogP contribution in [0, 0.1) is 0 Å². The van der Waals surface area contributed by atoms with E-state index >= 15 is 0 Å². The van der Waals surface area contributed by atoms with Gasteiger partial charge >= 0.3 is 0 Å². The molecule has 0 bridgehead atoms. The lowest BCUT2D eigenvalue weighted by molar-refractivity contribution is -0.302. The van der Waals surface area contributed by atoms with Crippen LogP contribution >= 0.6 is 0 Å². The van der Waals surface area contributed by atoms with E-state index in [0.29, 0.717) is 12.8 Å². The highest BCUT2D eigenvalue weighted by Gasteiger charge is 2.44. The van der Waals surface area contributed by atoms with Gasteiger partial charge in [-0.15, -0.1) is 0 Å². The van der Waals surface area contributed by atoms with E-state index in [4.69, 9.17) is 9.47 Å². The Morgan fingerprint density at radius 2 is 1.04 bits per heavy atom. The van der Waals surface area contributed by atoms with Crippen molar-refractivity contribution < 1.29 is 39.8 Å². The van der Waals surface area contributed by atoms with Crippen LogP contribution in [0.1, 0.15) is 187 Å². The quantitative estimate of drug-likeness (QED) is 0.0396. The Kier molecular flexibility index (Phi) is 29.2. The first kappa shape index (κ1) is 45.2. The molecule has 0 aromatic carbocycles. The summed E-state index contributed by atoms with van der Waals surface area (Å²) in [7, 11) is 0. The molecule has 0 aromatic rings. The lowest BCUT2D eigenvalue weighted by atomic mass is 9.99. The zero-order chi connectivity index (χ0) is 35.2. The molecule has 6 N–H and O–H groups in total. The molecule has 1 fully saturated rings. The highest BCUT2D eigenvalue weighted by Crippen LogP contribution is 2.23. The van der Waals surface area contributed by atoms with Crippen LogP contribution < -0.4 is 5.32 Å². The average molecular weight is 688 g/mol. The monoisotopic (exact) mass is 688 g/mol. The van der Waals surface area contributed by atoms with E-state index in [-0.39, 0.29) is 12.5 Å². The van der Waals surface area contributed by atoms with E-state index in [9.17, 15) is 30.3 Å².